The summed E-state index contributed by atoms with van der Waals surface area (Å²) >= 11 is 6.64. The Morgan fingerprint density at radius 2 is 1.95 bits per heavy atom. The van der Waals surface area contributed by atoms with E-state index < -0.39 is 6.10 Å². The second kappa shape index (κ2) is 12.2. The van der Waals surface area contributed by atoms with Crippen molar-refractivity contribution in [3.8, 4) is 17.1 Å². The number of aliphatic hydroxyl groups is 1. The maximum atomic E-state index is 12.7. The van der Waals surface area contributed by atoms with Crippen LogP contribution in [0.2, 0.25) is 5.02 Å². The molecule has 2 saturated heterocycles. The van der Waals surface area contributed by atoms with Gasteiger partial charge in [-0.2, -0.15) is 0 Å². The van der Waals surface area contributed by atoms with Gasteiger partial charge < -0.3 is 35.6 Å². The van der Waals surface area contributed by atoms with Crippen molar-refractivity contribution < 1.29 is 19.4 Å². The summed E-state index contributed by atoms with van der Waals surface area (Å²) in [6.45, 7) is 8.40. The van der Waals surface area contributed by atoms with Gasteiger partial charge in [-0.15, -0.1) is 0 Å². The minimum Gasteiger partial charge on any atom is -0.491 e. The molecule has 4 N–H and O–H groups in total. The first-order valence-electron chi connectivity index (χ1n) is 13.7. The average molecular weight is 586 g/mol. The van der Waals surface area contributed by atoms with E-state index in [4.69, 9.17) is 32.0 Å². The van der Waals surface area contributed by atoms with Crippen molar-refractivity contribution in [3.63, 3.8) is 0 Å². The van der Waals surface area contributed by atoms with Gasteiger partial charge in [-0.25, -0.2) is 14.8 Å². The summed E-state index contributed by atoms with van der Waals surface area (Å²) in [6, 6.07) is 5.17. The first-order chi connectivity index (χ1) is 19.4. The quantitative estimate of drug-likeness (QED) is 0.379. The Labute approximate surface area is 246 Å². The number of benzene rings is 1. The van der Waals surface area contributed by atoms with Crippen molar-refractivity contribution in [2.45, 2.75) is 33.3 Å². The SMILES string of the molecule is CNC[C@@H](O)COc1ccc(Cl)c(-c2nc(C(C(C)=O)=C(C)N)c(C)c(N3CC4(CCN(C(=O)N(C)C)C4)C3)n2)c1. The molecule has 3 heterocycles. The minimum atomic E-state index is -0.679. The number of likely N-dealkylation sites (tertiary alicyclic amines) is 1. The number of ketones is 1. The molecule has 11 nitrogen and oxygen atoms in total. The van der Waals surface area contributed by atoms with Gasteiger partial charge in [0, 0.05) is 69.1 Å². The van der Waals surface area contributed by atoms with Gasteiger partial charge in [0.05, 0.1) is 16.3 Å². The predicted octanol–water partition coefficient (Wildman–Crippen LogP) is 2.54. The van der Waals surface area contributed by atoms with Crippen LogP contribution in [-0.4, -0.2) is 103 Å². The largest absolute Gasteiger partial charge is 0.491 e. The van der Waals surface area contributed by atoms with Crippen molar-refractivity contribution in [1.82, 2.24) is 25.1 Å². The van der Waals surface area contributed by atoms with Crippen LogP contribution in [0.25, 0.3) is 17.0 Å². The van der Waals surface area contributed by atoms with E-state index in [0.717, 1.165) is 31.6 Å². The molecule has 2 fully saturated rings. The van der Waals surface area contributed by atoms with Crippen LogP contribution in [0.5, 0.6) is 5.75 Å². The molecule has 222 valence electrons. The van der Waals surface area contributed by atoms with E-state index >= 15 is 0 Å². The van der Waals surface area contributed by atoms with Crippen LogP contribution in [0.3, 0.4) is 0 Å². The van der Waals surface area contributed by atoms with Crippen molar-refractivity contribution in [2.75, 3.05) is 65.4 Å². The number of hydrogen-bond acceptors (Lipinski definition) is 9. The minimum absolute atomic E-state index is 0.00794. The summed E-state index contributed by atoms with van der Waals surface area (Å²) < 4.78 is 5.80. The Hall–Kier alpha value is -3.41. The number of Topliss-reactive ketones (excluding diaryl/α,β-unsaturated/α-hetero) is 1. The van der Waals surface area contributed by atoms with Crippen LogP contribution in [0.15, 0.2) is 23.9 Å². The summed E-state index contributed by atoms with van der Waals surface area (Å²) in [5.74, 6) is 1.34. The molecule has 2 amide bonds. The van der Waals surface area contributed by atoms with Gasteiger partial charge in [-0.3, -0.25) is 4.79 Å². The smallest absolute Gasteiger partial charge is 0.319 e. The molecule has 0 aliphatic carbocycles. The predicted molar refractivity (Wildman–Crippen MR) is 160 cm³/mol. The van der Waals surface area contributed by atoms with Crippen LogP contribution in [0.4, 0.5) is 10.6 Å². The number of nitrogens with one attached hydrogen (secondary N) is 1. The molecule has 12 heteroatoms. The fraction of sp³-hybridized carbons (Fsp3) is 0.517. The van der Waals surface area contributed by atoms with Crippen LogP contribution in [0.1, 0.15) is 31.5 Å². The second-order valence-electron chi connectivity index (χ2n) is 11.3. The van der Waals surface area contributed by atoms with Crippen LogP contribution in [0, 0.1) is 12.3 Å². The van der Waals surface area contributed by atoms with E-state index in [1.807, 2.05) is 11.8 Å². The van der Waals surface area contributed by atoms with Crippen LogP contribution >= 0.6 is 11.6 Å². The molecule has 41 heavy (non-hydrogen) atoms. The number of rotatable bonds is 9. The zero-order chi connectivity index (χ0) is 30.1. The molecule has 1 spiro atoms. The lowest BCUT2D eigenvalue weighted by Crippen LogP contribution is -2.58. The fourth-order valence-electron chi connectivity index (χ4n) is 5.61. The summed E-state index contributed by atoms with van der Waals surface area (Å²) in [5.41, 5.74) is 8.61. The zero-order valence-corrected chi connectivity index (χ0v) is 25.4. The maximum absolute atomic E-state index is 12.7. The number of amides is 2. The van der Waals surface area contributed by atoms with Crippen molar-refractivity contribution >= 4 is 34.8 Å². The van der Waals surface area contributed by atoms with Gasteiger partial charge in [0.25, 0.3) is 0 Å². The lowest BCUT2D eigenvalue weighted by molar-refractivity contribution is -0.111. The monoisotopic (exact) mass is 585 g/mol. The van der Waals surface area contributed by atoms with Crippen LogP contribution in [-0.2, 0) is 4.79 Å². The number of ether oxygens (including phenoxy) is 1. The van der Waals surface area contributed by atoms with Crippen molar-refractivity contribution in [2.24, 2.45) is 11.1 Å². The third kappa shape index (κ3) is 6.42. The van der Waals surface area contributed by atoms with E-state index in [1.54, 1.807) is 51.2 Å². The second-order valence-corrected chi connectivity index (χ2v) is 11.7. The average Bonchev–Trinajstić information content (AvgIpc) is 3.34. The molecule has 2 aromatic rings. The Kier molecular flexibility index (Phi) is 9.10. The molecule has 2 aliphatic heterocycles. The van der Waals surface area contributed by atoms with Gasteiger partial charge in [0.15, 0.2) is 11.6 Å². The van der Waals surface area contributed by atoms with Gasteiger partial charge >= 0.3 is 6.03 Å². The number of likely N-dealkylation sites (N-methyl/N-ethyl adjacent to an activating group) is 1. The van der Waals surface area contributed by atoms with E-state index in [9.17, 15) is 14.7 Å². The molecule has 1 aromatic carbocycles. The van der Waals surface area contributed by atoms with Crippen LogP contribution < -0.4 is 20.7 Å². The lowest BCUT2D eigenvalue weighted by atomic mass is 9.79. The highest BCUT2D eigenvalue weighted by atomic mass is 35.5. The van der Waals surface area contributed by atoms with Crippen molar-refractivity contribution in [3.05, 3.63) is 40.2 Å². The van der Waals surface area contributed by atoms with E-state index in [-0.39, 0.29) is 23.8 Å². The van der Waals surface area contributed by atoms with Gasteiger partial charge in [-0.05, 0) is 52.4 Å². The molecular formula is C29H40ClN7O4. The number of halogens is 1. The third-order valence-corrected chi connectivity index (χ3v) is 7.94. The van der Waals surface area contributed by atoms with Crippen molar-refractivity contribution in [1.29, 1.82) is 0 Å². The number of nitrogens with two attached hydrogens (primary N) is 1. The molecule has 4 rings (SSSR count). The molecule has 2 aliphatic rings. The molecular weight excluding hydrogens is 546 g/mol. The summed E-state index contributed by atoms with van der Waals surface area (Å²) in [7, 11) is 5.29. The Morgan fingerprint density at radius 1 is 1.24 bits per heavy atom. The third-order valence-electron chi connectivity index (χ3n) is 7.61. The van der Waals surface area contributed by atoms with E-state index in [2.05, 4.69) is 10.2 Å². The Bertz CT molecular complexity index is 1350. The highest BCUT2D eigenvalue weighted by Gasteiger charge is 2.50. The number of carbonyl (C=O) groups is 2. The molecule has 0 saturated carbocycles. The first kappa shape index (κ1) is 30.5. The number of aliphatic hydroxyl groups excluding tert-OH is 1. The number of anilines is 1. The first-order valence-corrected chi connectivity index (χ1v) is 14.1. The molecule has 0 bridgehead atoms. The highest BCUT2D eigenvalue weighted by molar-refractivity contribution is 6.33. The van der Waals surface area contributed by atoms with Gasteiger partial charge in [0.2, 0.25) is 0 Å². The number of carbonyl (C=O) groups excluding carboxylic acids is 2. The Morgan fingerprint density at radius 3 is 2.56 bits per heavy atom. The number of nitrogens with zero attached hydrogens (tertiary/aromatic N) is 5. The molecule has 1 atom stereocenters. The highest BCUT2D eigenvalue weighted by Crippen LogP contribution is 2.44. The summed E-state index contributed by atoms with van der Waals surface area (Å²) in [4.78, 5) is 40.7. The van der Waals surface area contributed by atoms with E-state index in [1.165, 1.54) is 6.92 Å². The lowest BCUT2D eigenvalue weighted by Gasteiger charge is -2.49. The molecule has 1 aromatic heterocycles. The maximum Gasteiger partial charge on any atom is 0.319 e. The standard InChI is InChI=1S/C29H40ClN7O4/c1-17-25(24(18(2)31)19(3)38)33-26(22-11-21(7-8-23(22)30)41-13-20(39)12-32-4)34-27(17)37-15-29(16-37)9-10-36(14-29)28(40)35(5)6/h7-8,11,20,32,39H,9-10,12-16,31H2,1-6H3/t20-/m1/s1. The Balaban J connectivity index is 1.71. The summed E-state index contributed by atoms with van der Waals surface area (Å²) in [6.07, 6.45) is 0.236. The zero-order valence-electron chi connectivity index (χ0n) is 24.6. The molecule has 0 radical (unpaired) electrons. The number of urea groups is 1. The normalized spacial score (nSPS) is 17.3. The van der Waals surface area contributed by atoms with Gasteiger partial charge in [-0.1, -0.05) is 11.6 Å². The fourth-order valence-corrected chi connectivity index (χ4v) is 5.81. The topological polar surface area (TPSA) is 137 Å². The number of aromatic nitrogens is 2. The van der Waals surface area contributed by atoms with E-state index in [0.29, 0.717) is 58.0 Å². The molecule has 0 unspecified atom stereocenters. The summed E-state index contributed by atoms with van der Waals surface area (Å²) in [5, 5.41) is 13.4. The number of allylic oxidation sites excluding steroid dienone is 2. The number of hydrogen-bond donors (Lipinski definition) is 3. The van der Waals surface area contributed by atoms with Gasteiger partial charge in [0.1, 0.15) is 24.3 Å².